The fourth-order valence-electron chi connectivity index (χ4n) is 2.21. The maximum Gasteiger partial charge on any atom is 0.410 e. The Kier molecular flexibility index (Phi) is 4.98. The van der Waals surface area contributed by atoms with Gasteiger partial charge in [0.2, 0.25) is 0 Å². The lowest BCUT2D eigenvalue weighted by Gasteiger charge is -2.36. The first-order chi connectivity index (χ1) is 9.90. The van der Waals surface area contributed by atoms with Gasteiger partial charge in [-0.05, 0) is 39.2 Å². The Morgan fingerprint density at radius 1 is 1.29 bits per heavy atom. The van der Waals surface area contributed by atoms with Gasteiger partial charge in [-0.25, -0.2) is 9.78 Å². The van der Waals surface area contributed by atoms with Gasteiger partial charge in [0.15, 0.2) is 0 Å². The topological polar surface area (TPSA) is 45.7 Å². The Morgan fingerprint density at radius 3 is 2.52 bits per heavy atom. The summed E-state index contributed by atoms with van der Waals surface area (Å²) >= 11 is 1.69. The van der Waals surface area contributed by atoms with Crippen molar-refractivity contribution in [2.45, 2.75) is 31.3 Å². The number of pyridine rings is 1. The SMILES string of the molecule is CSc1cccnc1N1CCN(C(=O)OC(C)(C)C)CC1. The molecular weight excluding hydrogens is 286 g/mol. The van der Waals surface area contributed by atoms with Crippen LogP contribution in [0.15, 0.2) is 23.2 Å². The Balaban J connectivity index is 1.96. The monoisotopic (exact) mass is 309 g/mol. The molecule has 1 aliphatic rings. The summed E-state index contributed by atoms with van der Waals surface area (Å²) in [6.07, 6.45) is 3.64. The Bertz CT molecular complexity index is 494. The number of anilines is 1. The Labute approximate surface area is 130 Å². The molecule has 0 unspecified atom stereocenters. The highest BCUT2D eigenvalue weighted by Crippen LogP contribution is 2.26. The minimum absolute atomic E-state index is 0.228. The van der Waals surface area contributed by atoms with E-state index in [2.05, 4.69) is 22.2 Å². The summed E-state index contributed by atoms with van der Waals surface area (Å²) in [5.41, 5.74) is -0.443. The lowest BCUT2D eigenvalue weighted by Crippen LogP contribution is -2.50. The number of amides is 1. The van der Waals surface area contributed by atoms with Crippen LogP contribution in [-0.4, -0.2) is 54.0 Å². The molecule has 1 amide bonds. The van der Waals surface area contributed by atoms with Gasteiger partial charge in [0.05, 0.1) is 0 Å². The highest BCUT2D eigenvalue weighted by atomic mass is 32.2. The van der Waals surface area contributed by atoms with Crippen LogP contribution >= 0.6 is 11.8 Å². The van der Waals surface area contributed by atoms with E-state index in [0.717, 1.165) is 18.9 Å². The van der Waals surface area contributed by atoms with Crippen LogP contribution in [-0.2, 0) is 4.74 Å². The summed E-state index contributed by atoms with van der Waals surface area (Å²) < 4.78 is 5.41. The molecule has 1 aliphatic heterocycles. The van der Waals surface area contributed by atoms with Crippen molar-refractivity contribution in [2.24, 2.45) is 0 Å². The second-order valence-electron chi connectivity index (χ2n) is 5.98. The molecule has 0 spiro atoms. The number of thioether (sulfide) groups is 1. The molecule has 0 bridgehead atoms. The molecule has 21 heavy (non-hydrogen) atoms. The van der Waals surface area contributed by atoms with Gasteiger partial charge in [-0.2, -0.15) is 0 Å². The molecule has 1 aromatic rings. The van der Waals surface area contributed by atoms with Crippen LogP contribution in [0.25, 0.3) is 0 Å². The van der Waals surface area contributed by atoms with Crippen molar-refractivity contribution in [3.63, 3.8) is 0 Å². The molecular formula is C15H23N3O2S. The molecule has 0 saturated carbocycles. The van der Waals surface area contributed by atoms with Gasteiger partial charge in [0.25, 0.3) is 0 Å². The summed E-state index contributed by atoms with van der Waals surface area (Å²) in [5.74, 6) is 1.01. The summed E-state index contributed by atoms with van der Waals surface area (Å²) in [6.45, 7) is 8.56. The zero-order valence-corrected chi connectivity index (χ0v) is 13.9. The van der Waals surface area contributed by atoms with E-state index in [0.29, 0.717) is 13.1 Å². The molecule has 0 N–H and O–H groups in total. The van der Waals surface area contributed by atoms with E-state index in [9.17, 15) is 4.79 Å². The lowest BCUT2D eigenvalue weighted by molar-refractivity contribution is 0.0240. The molecule has 1 fully saturated rings. The fraction of sp³-hybridized carbons (Fsp3) is 0.600. The number of hydrogen-bond acceptors (Lipinski definition) is 5. The number of carbonyl (C=O) groups excluding carboxylic acids is 1. The third-order valence-electron chi connectivity index (χ3n) is 3.20. The van der Waals surface area contributed by atoms with Crippen molar-refractivity contribution in [1.82, 2.24) is 9.88 Å². The average Bonchev–Trinajstić information content (AvgIpc) is 2.45. The van der Waals surface area contributed by atoms with Crippen molar-refractivity contribution in [3.8, 4) is 0 Å². The first-order valence-electron chi connectivity index (χ1n) is 7.12. The van der Waals surface area contributed by atoms with Crippen molar-refractivity contribution < 1.29 is 9.53 Å². The molecule has 6 heteroatoms. The van der Waals surface area contributed by atoms with E-state index in [4.69, 9.17) is 4.74 Å². The highest BCUT2D eigenvalue weighted by Gasteiger charge is 2.26. The Hall–Kier alpha value is -1.43. The van der Waals surface area contributed by atoms with Crippen molar-refractivity contribution >= 4 is 23.7 Å². The van der Waals surface area contributed by atoms with Gasteiger partial charge in [-0.3, -0.25) is 0 Å². The smallest absolute Gasteiger partial charge is 0.410 e. The maximum absolute atomic E-state index is 12.0. The number of rotatable bonds is 2. The van der Waals surface area contributed by atoms with Crippen molar-refractivity contribution in [1.29, 1.82) is 0 Å². The quantitative estimate of drug-likeness (QED) is 0.786. The van der Waals surface area contributed by atoms with E-state index in [1.807, 2.05) is 33.0 Å². The van der Waals surface area contributed by atoms with Crippen LogP contribution in [0.2, 0.25) is 0 Å². The molecule has 5 nitrogen and oxygen atoms in total. The summed E-state index contributed by atoms with van der Waals surface area (Å²) in [4.78, 5) is 21.7. The van der Waals surface area contributed by atoms with Crippen LogP contribution in [0.1, 0.15) is 20.8 Å². The van der Waals surface area contributed by atoms with Gasteiger partial charge in [0, 0.05) is 37.3 Å². The van der Waals surface area contributed by atoms with E-state index in [-0.39, 0.29) is 6.09 Å². The predicted octanol–water partition coefficient (Wildman–Crippen LogP) is 2.86. The first-order valence-corrected chi connectivity index (χ1v) is 8.35. The number of hydrogen-bond donors (Lipinski definition) is 0. The minimum Gasteiger partial charge on any atom is -0.444 e. The van der Waals surface area contributed by atoms with Gasteiger partial charge < -0.3 is 14.5 Å². The molecule has 0 atom stereocenters. The van der Waals surface area contributed by atoms with Gasteiger partial charge in [0.1, 0.15) is 11.4 Å². The summed E-state index contributed by atoms with van der Waals surface area (Å²) in [6, 6.07) is 4.03. The highest BCUT2D eigenvalue weighted by molar-refractivity contribution is 7.98. The van der Waals surface area contributed by atoms with E-state index < -0.39 is 5.60 Å². The summed E-state index contributed by atoms with van der Waals surface area (Å²) in [5, 5.41) is 0. The van der Waals surface area contributed by atoms with Crippen LogP contribution in [0.3, 0.4) is 0 Å². The molecule has 1 aromatic heterocycles. The van der Waals surface area contributed by atoms with E-state index in [1.165, 1.54) is 4.90 Å². The number of ether oxygens (including phenoxy) is 1. The zero-order valence-electron chi connectivity index (χ0n) is 13.1. The average molecular weight is 309 g/mol. The maximum atomic E-state index is 12.0. The second-order valence-corrected chi connectivity index (χ2v) is 6.83. The van der Waals surface area contributed by atoms with Crippen LogP contribution < -0.4 is 4.90 Å². The largest absolute Gasteiger partial charge is 0.444 e. The molecule has 2 rings (SSSR count). The molecule has 0 radical (unpaired) electrons. The van der Waals surface area contributed by atoms with Crippen LogP contribution in [0.5, 0.6) is 0 Å². The van der Waals surface area contributed by atoms with Gasteiger partial charge in [-0.15, -0.1) is 11.8 Å². The molecule has 116 valence electrons. The number of aromatic nitrogens is 1. The second kappa shape index (κ2) is 6.56. The number of piperazine rings is 1. The Morgan fingerprint density at radius 2 is 1.95 bits per heavy atom. The van der Waals surface area contributed by atoms with Crippen LogP contribution in [0, 0.1) is 0 Å². The number of nitrogens with zero attached hydrogens (tertiary/aromatic N) is 3. The van der Waals surface area contributed by atoms with Crippen LogP contribution in [0.4, 0.5) is 10.6 Å². The lowest BCUT2D eigenvalue weighted by atomic mass is 10.2. The fourth-order valence-corrected chi connectivity index (χ4v) is 2.79. The third kappa shape index (κ3) is 4.27. The van der Waals surface area contributed by atoms with Crippen molar-refractivity contribution in [3.05, 3.63) is 18.3 Å². The molecule has 0 aliphatic carbocycles. The van der Waals surface area contributed by atoms with E-state index in [1.54, 1.807) is 16.7 Å². The molecule has 1 saturated heterocycles. The normalized spacial score (nSPS) is 16.0. The summed E-state index contributed by atoms with van der Waals surface area (Å²) in [7, 11) is 0. The van der Waals surface area contributed by atoms with E-state index >= 15 is 0 Å². The predicted molar refractivity (Wildman–Crippen MR) is 86.0 cm³/mol. The van der Waals surface area contributed by atoms with Gasteiger partial charge in [-0.1, -0.05) is 0 Å². The third-order valence-corrected chi connectivity index (χ3v) is 3.96. The first kappa shape index (κ1) is 15.9. The molecule has 0 aromatic carbocycles. The zero-order chi connectivity index (χ0) is 15.5. The standard InChI is InChI=1S/C15H23N3O2S/c1-15(2,3)20-14(19)18-10-8-17(9-11-18)13-12(21-4)6-5-7-16-13/h5-7H,8-11H2,1-4H3. The van der Waals surface area contributed by atoms with Gasteiger partial charge >= 0.3 is 6.09 Å². The van der Waals surface area contributed by atoms with Crippen molar-refractivity contribution in [2.75, 3.05) is 37.3 Å². The molecule has 2 heterocycles. The number of carbonyl (C=O) groups is 1. The minimum atomic E-state index is -0.443.